The normalized spacial score (nSPS) is 16.8. The molecule has 1 heterocycles. The molecule has 1 fully saturated rings. The highest BCUT2D eigenvalue weighted by Gasteiger charge is 2.16. The summed E-state index contributed by atoms with van der Waals surface area (Å²) in [4.78, 5) is 6.76. The zero-order chi connectivity index (χ0) is 13.5. The number of pyridine rings is 1. The van der Waals surface area contributed by atoms with E-state index >= 15 is 0 Å². The minimum atomic E-state index is 0.830. The van der Waals surface area contributed by atoms with Gasteiger partial charge in [0.1, 0.15) is 0 Å². The minimum absolute atomic E-state index is 0.830. The first-order valence-corrected chi connectivity index (χ1v) is 7.62. The molecular formula is C16H27N3. The highest BCUT2D eigenvalue weighted by atomic mass is 15.1. The molecule has 19 heavy (non-hydrogen) atoms. The summed E-state index contributed by atoms with van der Waals surface area (Å²) in [5.74, 6) is 0. The molecule has 0 unspecified atom stereocenters. The van der Waals surface area contributed by atoms with Crippen LogP contribution in [-0.4, -0.2) is 36.1 Å². The van der Waals surface area contributed by atoms with Crippen LogP contribution in [0, 0.1) is 6.92 Å². The second-order valence-electron chi connectivity index (χ2n) is 5.74. The number of aryl methyl sites for hydroxylation is 1. The van der Waals surface area contributed by atoms with Crippen molar-refractivity contribution in [2.24, 2.45) is 0 Å². The fraction of sp³-hybridized carbons (Fsp3) is 0.688. The summed E-state index contributed by atoms with van der Waals surface area (Å²) in [6.45, 7) is 4.27. The van der Waals surface area contributed by atoms with Crippen LogP contribution in [0.1, 0.15) is 44.2 Å². The largest absolute Gasteiger partial charge is 0.385 e. The van der Waals surface area contributed by atoms with Gasteiger partial charge in [0.05, 0.1) is 0 Å². The monoisotopic (exact) mass is 261 g/mol. The van der Waals surface area contributed by atoms with Crippen molar-refractivity contribution in [3.63, 3.8) is 0 Å². The van der Waals surface area contributed by atoms with E-state index in [2.05, 4.69) is 28.3 Å². The summed E-state index contributed by atoms with van der Waals surface area (Å²) in [7, 11) is 2.28. The van der Waals surface area contributed by atoms with Crippen molar-refractivity contribution in [1.29, 1.82) is 0 Å². The maximum absolute atomic E-state index is 4.21. The van der Waals surface area contributed by atoms with E-state index in [4.69, 9.17) is 0 Å². The zero-order valence-electron chi connectivity index (χ0n) is 12.4. The first-order chi connectivity index (χ1) is 9.25. The summed E-state index contributed by atoms with van der Waals surface area (Å²) in [6, 6.07) is 4.97. The van der Waals surface area contributed by atoms with Crippen molar-refractivity contribution < 1.29 is 0 Å². The van der Waals surface area contributed by atoms with E-state index in [9.17, 15) is 0 Å². The smallest absolute Gasteiger partial charge is 0.0393 e. The summed E-state index contributed by atoms with van der Waals surface area (Å²) < 4.78 is 0. The van der Waals surface area contributed by atoms with Gasteiger partial charge in [-0.05, 0) is 51.9 Å². The molecule has 1 N–H and O–H groups in total. The Labute approximate surface area is 117 Å². The number of anilines is 1. The number of hydrogen-bond donors (Lipinski definition) is 1. The van der Waals surface area contributed by atoms with Crippen molar-refractivity contribution in [2.45, 2.75) is 51.5 Å². The quantitative estimate of drug-likeness (QED) is 0.795. The van der Waals surface area contributed by atoms with Gasteiger partial charge in [-0.2, -0.15) is 0 Å². The Bertz CT molecular complexity index is 372. The minimum Gasteiger partial charge on any atom is -0.385 e. The summed E-state index contributed by atoms with van der Waals surface area (Å²) in [6.07, 6.45) is 10.1. The molecule has 1 aromatic rings. The summed E-state index contributed by atoms with van der Waals surface area (Å²) in [5.41, 5.74) is 2.26. The van der Waals surface area contributed by atoms with Gasteiger partial charge in [-0.25, -0.2) is 0 Å². The molecule has 0 aliphatic heterocycles. The molecule has 0 atom stereocenters. The molecule has 1 aromatic heterocycles. The third kappa shape index (κ3) is 4.83. The standard InChI is InChI=1S/C16H27N3/c1-14-13-15(9-11-17-14)18-10-6-12-19(2)16-7-4-3-5-8-16/h9,11,13,16H,3-8,10,12H2,1-2H3,(H,17,18). The van der Waals surface area contributed by atoms with Gasteiger partial charge in [0.25, 0.3) is 0 Å². The molecule has 0 radical (unpaired) electrons. The van der Waals surface area contributed by atoms with Crippen molar-refractivity contribution in [2.75, 3.05) is 25.5 Å². The Hall–Kier alpha value is -1.09. The van der Waals surface area contributed by atoms with E-state index in [1.807, 2.05) is 19.2 Å². The molecule has 3 heteroatoms. The number of nitrogens with zero attached hydrogens (tertiary/aromatic N) is 2. The summed E-state index contributed by atoms with van der Waals surface area (Å²) >= 11 is 0. The number of hydrogen-bond acceptors (Lipinski definition) is 3. The molecular weight excluding hydrogens is 234 g/mol. The highest BCUT2D eigenvalue weighted by Crippen LogP contribution is 2.21. The predicted octanol–water partition coefficient (Wildman–Crippen LogP) is 3.46. The molecule has 2 rings (SSSR count). The fourth-order valence-corrected chi connectivity index (χ4v) is 2.92. The van der Waals surface area contributed by atoms with Gasteiger partial charge in [0.15, 0.2) is 0 Å². The molecule has 0 saturated heterocycles. The van der Waals surface area contributed by atoms with E-state index in [1.165, 1.54) is 50.8 Å². The van der Waals surface area contributed by atoms with Crippen LogP contribution in [0.15, 0.2) is 18.3 Å². The second-order valence-corrected chi connectivity index (χ2v) is 5.74. The van der Waals surface area contributed by atoms with E-state index in [0.29, 0.717) is 0 Å². The Kier molecular flexibility index (Phi) is 5.64. The van der Waals surface area contributed by atoms with Crippen molar-refractivity contribution >= 4 is 5.69 Å². The molecule has 0 aromatic carbocycles. The molecule has 1 aliphatic carbocycles. The molecule has 0 amide bonds. The average molecular weight is 261 g/mol. The Balaban J connectivity index is 1.63. The van der Waals surface area contributed by atoms with Gasteiger partial charge in [0, 0.05) is 30.2 Å². The van der Waals surface area contributed by atoms with Crippen LogP contribution in [-0.2, 0) is 0 Å². The molecule has 1 saturated carbocycles. The Morgan fingerprint density at radius 3 is 2.84 bits per heavy atom. The Morgan fingerprint density at radius 2 is 2.11 bits per heavy atom. The van der Waals surface area contributed by atoms with Crippen LogP contribution >= 0.6 is 0 Å². The lowest BCUT2D eigenvalue weighted by atomic mass is 9.94. The van der Waals surface area contributed by atoms with Gasteiger partial charge in [-0.3, -0.25) is 4.98 Å². The molecule has 3 nitrogen and oxygen atoms in total. The fourth-order valence-electron chi connectivity index (χ4n) is 2.92. The summed E-state index contributed by atoms with van der Waals surface area (Å²) in [5, 5.41) is 3.48. The van der Waals surface area contributed by atoms with Crippen molar-refractivity contribution in [3.05, 3.63) is 24.0 Å². The third-order valence-electron chi connectivity index (χ3n) is 4.11. The highest BCUT2D eigenvalue weighted by molar-refractivity contribution is 5.42. The Morgan fingerprint density at radius 1 is 1.32 bits per heavy atom. The topological polar surface area (TPSA) is 28.2 Å². The predicted molar refractivity (Wildman–Crippen MR) is 81.6 cm³/mol. The van der Waals surface area contributed by atoms with E-state index in [0.717, 1.165) is 18.3 Å². The molecule has 0 spiro atoms. The molecule has 1 aliphatic rings. The number of rotatable bonds is 6. The lowest BCUT2D eigenvalue weighted by molar-refractivity contribution is 0.191. The molecule has 106 valence electrons. The van der Waals surface area contributed by atoms with Crippen molar-refractivity contribution in [1.82, 2.24) is 9.88 Å². The van der Waals surface area contributed by atoms with Crippen LogP contribution in [0.25, 0.3) is 0 Å². The van der Waals surface area contributed by atoms with E-state index in [-0.39, 0.29) is 0 Å². The van der Waals surface area contributed by atoms with E-state index in [1.54, 1.807) is 0 Å². The average Bonchev–Trinajstić information content (AvgIpc) is 2.44. The van der Waals surface area contributed by atoms with Crippen molar-refractivity contribution in [3.8, 4) is 0 Å². The first-order valence-electron chi connectivity index (χ1n) is 7.62. The van der Waals surface area contributed by atoms with Crippen LogP contribution in [0.2, 0.25) is 0 Å². The zero-order valence-corrected chi connectivity index (χ0v) is 12.4. The van der Waals surface area contributed by atoms with Crippen LogP contribution in [0.4, 0.5) is 5.69 Å². The maximum Gasteiger partial charge on any atom is 0.0393 e. The first kappa shape index (κ1) is 14.3. The third-order valence-corrected chi connectivity index (χ3v) is 4.11. The second kappa shape index (κ2) is 7.49. The van der Waals surface area contributed by atoms with Crippen LogP contribution in [0.3, 0.4) is 0 Å². The lowest BCUT2D eigenvalue weighted by Gasteiger charge is -2.31. The number of aromatic nitrogens is 1. The SMILES string of the molecule is Cc1cc(NCCCN(C)C2CCCCC2)ccn1. The van der Waals surface area contributed by atoms with Gasteiger partial charge < -0.3 is 10.2 Å². The van der Waals surface area contributed by atoms with Gasteiger partial charge >= 0.3 is 0 Å². The van der Waals surface area contributed by atoms with Crippen LogP contribution in [0.5, 0.6) is 0 Å². The molecule has 0 bridgehead atoms. The lowest BCUT2D eigenvalue weighted by Crippen LogP contribution is -2.34. The van der Waals surface area contributed by atoms with Gasteiger partial charge in [0.2, 0.25) is 0 Å². The van der Waals surface area contributed by atoms with Gasteiger partial charge in [-0.15, -0.1) is 0 Å². The van der Waals surface area contributed by atoms with Gasteiger partial charge in [-0.1, -0.05) is 19.3 Å². The van der Waals surface area contributed by atoms with E-state index < -0.39 is 0 Å². The maximum atomic E-state index is 4.21. The van der Waals surface area contributed by atoms with Crippen LogP contribution < -0.4 is 5.32 Å². The number of nitrogens with one attached hydrogen (secondary N) is 1.